The maximum absolute atomic E-state index is 12.9. The molecule has 5 heteroatoms. The molecule has 0 unspecified atom stereocenters. The van der Waals surface area contributed by atoms with Gasteiger partial charge in [0, 0.05) is 10.4 Å². The summed E-state index contributed by atoms with van der Waals surface area (Å²) in [6.45, 7) is 3.67. The zero-order valence-corrected chi connectivity index (χ0v) is 18.1. The zero-order valence-electron chi connectivity index (χ0n) is 17.2. The normalized spacial score (nSPS) is 13.0. The highest BCUT2D eigenvalue weighted by molar-refractivity contribution is 7.17. The molecule has 0 saturated carbocycles. The third kappa shape index (κ3) is 4.31. The van der Waals surface area contributed by atoms with Gasteiger partial charge in [0.15, 0.2) is 0 Å². The predicted molar refractivity (Wildman–Crippen MR) is 121 cm³/mol. The molecule has 0 saturated heterocycles. The third-order valence-electron chi connectivity index (χ3n) is 5.20. The molecule has 2 aromatic carbocycles. The molecule has 0 fully saturated rings. The Balaban J connectivity index is 1.58. The van der Waals surface area contributed by atoms with E-state index in [1.165, 1.54) is 16.2 Å². The van der Waals surface area contributed by atoms with Crippen molar-refractivity contribution in [1.29, 1.82) is 0 Å². The van der Waals surface area contributed by atoms with Crippen molar-refractivity contribution in [2.75, 3.05) is 5.32 Å². The SMILES string of the molecule is CC(C)OC(=O)c1c(NC(=O)c2ccc(-c3ccccc3)cc2)sc2c1CCCC2. The number of benzene rings is 2. The van der Waals surface area contributed by atoms with Gasteiger partial charge in [-0.3, -0.25) is 4.79 Å². The highest BCUT2D eigenvalue weighted by atomic mass is 32.1. The van der Waals surface area contributed by atoms with Crippen LogP contribution < -0.4 is 5.32 Å². The summed E-state index contributed by atoms with van der Waals surface area (Å²) >= 11 is 1.51. The summed E-state index contributed by atoms with van der Waals surface area (Å²) in [7, 11) is 0. The number of nitrogens with one attached hydrogen (secondary N) is 1. The molecule has 0 atom stereocenters. The zero-order chi connectivity index (χ0) is 21.1. The van der Waals surface area contributed by atoms with Crippen LogP contribution in [0.2, 0.25) is 0 Å². The Hall–Kier alpha value is -2.92. The standard InChI is InChI=1S/C25H25NO3S/c1-16(2)29-25(28)22-20-10-6-7-11-21(20)30-24(22)26-23(27)19-14-12-18(13-15-19)17-8-4-3-5-9-17/h3-5,8-9,12-16H,6-7,10-11H2,1-2H3,(H,26,27). The van der Waals surface area contributed by atoms with Crippen LogP contribution in [-0.4, -0.2) is 18.0 Å². The lowest BCUT2D eigenvalue weighted by atomic mass is 9.95. The molecule has 1 aromatic heterocycles. The summed E-state index contributed by atoms with van der Waals surface area (Å²) in [6.07, 6.45) is 3.77. The Kier molecular flexibility index (Phi) is 6.00. The highest BCUT2D eigenvalue weighted by Crippen LogP contribution is 2.39. The molecular weight excluding hydrogens is 394 g/mol. The lowest BCUT2D eigenvalue weighted by Crippen LogP contribution is -2.17. The molecule has 0 bridgehead atoms. The van der Waals surface area contributed by atoms with Crippen molar-refractivity contribution in [3.05, 3.63) is 76.2 Å². The van der Waals surface area contributed by atoms with Crippen LogP contribution >= 0.6 is 11.3 Å². The summed E-state index contributed by atoms with van der Waals surface area (Å²) in [5.41, 5.74) is 4.31. The van der Waals surface area contributed by atoms with Crippen molar-refractivity contribution in [1.82, 2.24) is 0 Å². The summed E-state index contributed by atoms with van der Waals surface area (Å²) in [6, 6.07) is 17.6. The fourth-order valence-electron chi connectivity index (χ4n) is 3.76. The van der Waals surface area contributed by atoms with E-state index in [4.69, 9.17) is 4.74 Å². The van der Waals surface area contributed by atoms with E-state index < -0.39 is 0 Å². The van der Waals surface area contributed by atoms with Crippen molar-refractivity contribution < 1.29 is 14.3 Å². The molecule has 0 radical (unpaired) electrons. The maximum Gasteiger partial charge on any atom is 0.341 e. The second-order valence-corrected chi connectivity index (χ2v) is 8.87. The van der Waals surface area contributed by atoms with Crippen molar-refractivity contribution in [3.8, 4) is 11.1 Å². The minimum absolute atomic E-state index is 0.203. The monoisotopic (exact) mass is 419 g/mol. The van der Waals surface area contributed by atoms with Gasteiger partial charge in [0.1, 0.15) is 5.00 Å². The smallest absolute Gasteiger partial charge is 0.341 e. The number of hydrogen-bond acceptors (Lipinski definition) is 4. The van der Waals surface area contributed by atoms with Gasteiger partial charge in [-0.25, -0.2) is 4.79 Å². The highest BCUT2D eigenvalue weighted by Gasteiger charge is 2.28. The summed E-state index contributed by atoms with van der Waals surface area (Å²) in [5.74, 6) is -0.564. The number of amides is 1. The van der Waals surface area contributed by atoms with E-state index in [0.29, 0.717) is 16.1 Å². The fourth-order valence-corrected chi connectivity index (χ4v) is 5.04. The number of thiophene rings is 1. The van der Waals surface area contributed by atoms with Gasteiger partial charge in [0.05, 0.1) is 11.7 Å². The van der Waals surface area contributed by atoms with Crippen LogP contribution in [0.3, 0.4) is 0 Å². The number of ether oxygens (including phenoxy) is 1. The van der Waals surface area contributed by atoms with Crippen LogP contribution in [0.5, 0.6) is 0 Å². The van der Waals surface area contributed by atoms with Crippen LogP contribution in [0, 0.1) is 0 Å². The Labute approximate surface area is 180 Å². The van der Waals surface area contributed by atoms with E-state index in [-0.39, 0.29) is 18.0 Å². The second kappa shape index (κ2) is 8.84. The molecule has 1 aliphatic carbocycles. The van der Waals surface area contributed by atoms with E-state index in [1.54, 1.807) is 0 Å². The Morgan fingerprint density at radius 2 is 1.60 bits per heavy atom. The molecule has 0 aliphatic heterocycles. The molecule has 1 amide bonds. The van der Waals surface area contributed by atoms with E-state index in [9.17, 15) is 9.59 Å². The van der Waals surface area contributed by atoms with E-state index in [0.717, 1.165) is 42.4 Å². The number of anilines is 1. The summed E-state index contributed by atoms with van der Waals surface area (Å²) in [4.78, 5) is 26.9. The lowest BCUT2D eigenvalue weighted by molar-refractivity contribution is 0.0378. The van der Waals surface area contributed by atoms with Gasteiger partial charge in [0.25, 0.3) is 5.91 Å². The molecule has 1 aliphatic rings. The Morgan fingerprint density at radius 1 is 0.933 bits per heavy atom. The van der Waals surface area contributed by atoms with Crippen LogP contribution in [0.25, 0.3) is 11.1 Å². The quantitative estimate of drug-likeness (QED) is 0.508. The second-order valence-electron chi connectivity index (χ2n) is 7.77. The fraction of sp³-hybridized carbons (Fsp3) is 0.280. The molecule has 3 aromatic rings. The Bertz CT molecular complexity index is 1050. The summed E-state index contributed by atoms with van der Waals surface area (Å²) in [5, 5.41) is 3.58. The lowest BCUT2D eigenvalue weighted by Gasteiger charge is -2.14. The number of aryl methyl sites for hydroxylation is 1. The largest absolute Gasteiger partial charge is 0.459 e. The topological polar surface area (TPSA) is 55.4 Å². The van der Waals surface area contributed by atoms with Gasteiger partial charge in [0.2, 0.25) is 0 Å². The molecule has 1 N–H and O–H groups in total. The molecule has 1 heterocycles. The van der Waals surface area contributed by atoms with E-state index in [1.807, 2.05) is 68.4 Å². The van der Waals surface area contributed by atoms with Crippen LogP contribution in [0.1, 0.15) is 57.8 Å². The van der Waals surface area contributed by atoms with E-state index in [2.05, 4.69) is 5.32 Å². The maximum atomic E-state index is 12.9. The van der Waals surface area contributed by atoms with Gasteiger partial charge in [-0.1, -0.05) is 42.5 Å². The molecule has 0 spiro atoms. The first-order valence-corrected chi connectivity index (χ1v) is 11.2. The van der Waals surface area contributed by atoms with Crippen molar-refractivity contribution in [2.45, 2.75) is 45.6 Å². The van der Waals surface area contributed by atoms with Gasteiger partial charge < -0.3 is 10.1 Å². The number of hydrogen-bond donors (Lipinski definition) is 1. The number of fused-ring (bicyclic) bond motifs is 1. The van der Waals surface area contributed by atoms with Gasteiger partial charge in [-0.2, -0.15) is 0 Å². The van der Waals surface area contributed by atoms with Crippen LogP contribution in [0.15, 0.2) is 54.6 Å². The number of rotatable bonds is 5. The Morgan fingerprint density at radius 3 is 2.30 bits per heavy atom. The first kappa shape index (κ1) is 20.4. The third-order valence-corrected chi connectivity index (χ3v) is 6.41. The van der Waals surface area contributed by atoms with Crippen molar-refractivity contribution in [3.63, 3.8) is 0 Å². The molecule has 4 rings (SSSR count). The number of carbonyl (C=O) groups excluding carboxylic acids is 2. The average molecular weight is 420 g/mol. The minimum atomic E-state index is -0.348. The summed E-state index contributed by atoms with van der Waals surface area (Å²) < 4.78 is 5.47. The molecule has 30 heavy (non-hydrogen) atoms. The number of carbonyl (C=O) groups is 2. The minimum Gasteiger partial charge on any atom is -0.459 e. The van der Waals surface area contributed by atoms with E-state index >= 15 is 0 Å². The number of esters is 1. The first-order valence-electron chi connectivity index (χ1n) is 10.4. The van der Waals surface area contributed by atoms with Gasteiger partial charge in [-0.05, 0) is 68.4 Å². The van der Waals surface area contributed by atoms with Crippen LogP contribution in [0.4, 0.5) is 5.00 Å². The molecule has 4 nitrogen and oxygen atoms in total. The first-order chi connectivity index (χ1) is 14.5. The van der Waals surface area contributed by atoms with Crippen LogP contribution in [-0.2, 0) is 17.6 Å². The predicted octanol–water partition coefficient (Wildman–Crippen LogP) is 6.11. The molecular formula is C25H25NO3S. The van der Waals surface area contributed by atoms with Crippen molar-refractivity contribution in [2.24, 2.45) is 0 Å². The average Bonchev–Trinajstić information content (AvgIpc) is 3.12. The van der Waals surface area contributed by atoms with Gasteiger partial charge in [-0.15, -0.1) is 11.3 Å². The van der Waals surface area contributed by atoms with Gasteiger partial charge >= 0.3 is 5.97 Å². The van der Waals surface area contributed by atoms with Crippen molar-refractivity contribution >= 4 is 28.2 Å². The molecule has 154 valence electrons.